The van der Waals surface area contributed by atoms with Crippen molar-refractivity contribution in [1.82, 2.24) is 15.1 Å². The van der Waals surface area contributed by atoms with Gasteiger partial charge in [-0.3, -0.25) is 9.48 Å². The van der Waals surface area contributed by atoms with Crippen LogP contribution in [0.15, 0.2) is 36.4 Å². The van der Waals surface area contributed by atoms with E-state index in [-0.39, 0.29) is 18.0 Å². The van der Waals surface area contributed by atoms with E-state index in [9.17, 15) is 4.79 Å². The fourth-order valence-corrected chi connectivity index (χ4v) is 3.88. The van der Waals surface area contributed by atoms with Crippen molar-refractivity contribution in [3.63, 3.8) is 0 Å². The first-order valence-corrected chi connectivity index (χ1v) is 8.53. The van der Waals surface area contributed by atoms with Gasteiger partial charge in [0.05, 0.1) is 4.88 Å². The van der Waals surface area contributed by atoms with Crippen molar-refractivity contribution < 1.29 is 4.79 Å². The summed E-state index contributed by atoms with van der Waals surface area (Å²) in [7, 11) is 1.91. The summed E-state index contributed by atoms with van der Waals surface area (Å²) in [6.07, 6.45) is 1.95. The second kappa shape index (κ2) is 5.47. The largest absolute Gasteiger partial charge is 0.347 e. The van der Waals surface area contributed by atoms with Crippen molar-refractivity contribution in [2.75, 3.05) is 0 Å². The normalized spacial score (nSPS) is 20.4. The number of carbonyl (C=O) groups is 1. The molecule has 2 heterocycles. The third kappa shape index (κ3) is 2.44. The van der Waals surface area contributed by atoms with E-state index >= 15 is 0 Å². The van der Waals surface area contributed by atoms with E-state index in [1.165, 1.54) is 11.3 Å². The molecule has 2 aromatic heterocycles. The number of fused-ring (bicyclic) bond motifs is 1. The smallest absolute Gasteiger partial charge is 0.261 e. The van der Waals surface area contributed by atoms with Crippen LogP contribution in [-0.2, 0) is 7.05 Å². The van der Waals surface area contributed by atoms with Gasteiger partial charge >= 0.3 is 0 Å². The molecule has 118 valence electrons. The molecule has 1 amide bonds. The number of hydrogen-bond donors (Lipinski definition) is 2. The maximum Gasteiger partial charge on any atom is 0.261 e. The van der Waals surface area contributed by atoms with E-state index in [0.717, 1.165) is 34.3 Å². The SMILES string of the molecule is Cn1nc(-c2ccccc2)c2cc(C(=O)N[C@H]3CC[C@H]3N)sc21. The van der Waals surface area contributed by atoms with Crippen LogP contribution in [0.2, 0.25) is 0 Å². The zero-order chi connectivity index (χ0) is 16.0. The van der Waals surface area contributed by atoms with Crippen molar-refractivity contribution in [3.8, 4) is 11.3 Å². The lowest BCUT2D eigenvalue weighted by Crippen LogP contribution is -2.54. The van der Waals surface area contributed by atoms with Gasteiger partial charge in [0.15, 0.2) is 0 Å². The first-order chi connectivity index (χ1) is 11.1. The summed E-state index contributed by atoms with van der Waals surface area (Å²) in [4.78, 5) is 14.2. The van der Waals surface area contributed by atoms with Gasteiger partial charge in [0.2, 0.25) is 0 Å². The molecule has 23 heavy (non-hydrogen) atoms. The fourth-order valence-electron chi connectivity index (χ4n) is 2.91. The standard InChI is InChI=1S/C17H18N4OS/c1-21-17-11(15(20-21)10-5-3-2-4-6-10)9-14(23-17)16(22)19-13-8-7-12(13)18/h2-6,9,12-13H,7-8,18H2,1H3,(H,19,22)/t12-,13+/m1/s1. The van der Waals surface area contributed by atoms with Crippen molar-refractivity contribution in [2.45, 2.75) is 24.9 Å². The Hall–Kier alpha value is -2.18. The first kappa shape index (κ1) is 14.4. The predicted molar refractivity (Wildman–Crippen MR) is 92.5 cm³/mol. The van der Waals surface area contributed by atoms with E-state index in [2.05, 4.69) is 10.4 Å². The molecule has 1 aliphatic rings. The zero-order valence-electron chi connectivity index (χ0n) is 12.8. The van der Waals surface area contributed by atoms with Crippen LogP contribution in [-0.4, -0.2) is 27.8 Å². The van der Waals surface area contributed by atoms with Gasteiger partial charge in [-0.1, -0.05) is 30.3 Å². The maximum absolute atomic E-state index is 12.4. The van der Waals surface area contributed by atoms with Crippen LogP contribution in [0, 0.1) is 0 Å². The third-order valence-corrected chi connectivity index (χ3v) is 5.63. The van der Waals surface area contributed by atoms with Crippen LogP contribution in [0.4, 0.5) is 0 Å². The monoisotopic (exact) mass is 326 g/mol. The molecule has 3 aromatic rings. The minimum atomic E-state index is -0.0367. The van der Waals surface area contributed by atoms with Gasteiger partial charge in [-0.05, 0) is 18.9 Å². The second-order valence-corrected chi connectivity index (χ2v) is 7.02. The van der Waals surface area contributed by atoms with E-state index in [4.69, 9.17) is 5.73 Å². The Labute approximate surface area is 138 Å². The molecule has 6 heteroatoms. The molecule has 4 rings (SSSR count). The summed E-state index contributed by atoms with van der Waals surface area (Å²) in [6.45, 7) is 0. The average molecular weight is 326 g/mol. The lowest BCUT2D eigenvalue weighted by molar-refractivity contribution is 0.0910. The van der Waals surface area contributed by atoms with E-state index in [1.54, 1.807) is 0 Å². The summed E-state index contributed by atoms with van der Waals surface area (Å²) in [5.74, 6) is -0.0367. The molecule has 0 unspecified atom stereocenters. The second-order valence-electron chi connectivity index (χ2n) is 5.99. The molecule has 1 aromatic carbocycles. The van der Waals surface area contributed by atoms with Gasteiger partial charge in [0, 0.05) is 30.1 Å². The predicted octanol–water partition coefficient (Wildman–Crippen LogP) is 2.52. The number of hydrogen-bond acceptors (Lipinski definition) is 4. The first-order valence-electron chi connectivity index (χ1n) is 7.72. The highest BCUT2D eigenvalue weighted by atomic mass is 32.1. The summed E-state index contributed by atoms with van der Waals surface area (Å²) < 4.78 is 1.84. The van der Waals surface area contributed by atoms with Crippen LogP contribution in [0.25, 0.3) is 21.5 Å². The number of aromatic nitrogens is 2. The van der Waals surface area contributed by atoms with Crippen LogP contribution in [0.3, 0.4) is 0 Å². The molecule has 0 bridgehead atoms. The number of benzene rings is 1. The highest BCUT2D eigenvalue weighted by molar-refractivity contribution is 7.20. The molecule has 1 aliphatic carbocycles. The quantitative estimate of drug-likeness (QED) is 0.777. The molecule has 1 fully saturated rings. The van der Waals surface area contributed by atoms with Crippen molar-refractivity contribution >= 4 is 27.5 Å². The fraction of sp³-hybridized carbons (Fsp3) is 0.294. The summed E-state index contributed by atoms with van der Waals surface area (Å²) >= 11 is 1.47. The number of amides is 1. The van der Waals surface area contributed by atoms with Crippen LogP contribution >= 0.6 is 11.3 Å². The summed E-state index contributed by atoms with van der Waals surface area (Å²) in [5.41, 5.74) is 7.88. The van der Waals surface area contributed by atoms with Crippen LogP contribution in [0.5, 0.6) is 0 Å². The lowest BCUT2D eigenvalue weighted by Gasteiger charge is -2.33. The van der Waals surface area contributed by atoms with E-state index in [1.807, 2.05) is 48.1 Å². The Bertz CT molecular complexity index is 867. The highest BCUT2D eigenvalue weighted by Crippen LogP contribution is 2.33. The van der Waals surface area contributed by atoms with Crippen molar-refractivity contribution in [1.29, 1.82) is 0 Å². The Morgan fingerprint density at radius 3 is 2.78 bits per heavy atom. The third-order valence-electron chi connectivity index (χ3n) is 4.43. The number of thiophene rings is 1. The van der Waals surface area contributed by atoms with Gasteiger partial charge in [0.1, 0.15) is 10.5 Å². The van der Waals surface area contributed by atoms with Gasteiger partial charge in [0.25, 0.3) is 5.91 Å². The molecule has 3 N–H and O–H groups in total. The molecule has 0 radical (unpaired) electrons. The minimum Gasteiger partial charge on any atom is -0.347 e. The molecule has 0 aliphatic heterocycles. The zero-order valence-corrected chi connectivity index (χ0v) is 13.6. The minimum absolute atomic E-state index is 0.0367. The van der Waals surface area contributed by atoms with E-state index < -0.39 is 0 Å². The topological polar surface area (TPSA) is 72.9 Å². The Kier molecular flexibility index (Phi) is 3.43. The Morgan fingerprint density at radius 1 is 1.35 bits per heavy atom. The van der Waals surface area contributed by atoms with Gasteiger partial charge in [-0.15, -0.1) is 11.3 Å². The number of carbonyl (C=O) groups excluding carboxylic acids is 1. The lowest BCUT2D eigenvalue weighted by atomic mass is 9.87. The Balaban J connectivity index is 1.69. The molecule has 0 saturated heterocycles. The highest BCUT2D eigenvalue weighted by Gasteiger charge is 2.29. The average Bonchev–Trinajstić information content (AvgIpc) is 3.13. The number of rotatable bonds is 3. The van der Waals surface area contributed by atoms with Gasteiger partial charge < -0.3 is 11.1 Å². The molecule has 5 nitrogen and oxygen atoms in total. The number of nitrogens with two attached hydrogens (primary N) is 1. The molecular weight excluding hydrogens is 308 g/mol. The summed E-state index contributed by atoms with van der Waals surface area (Å²) in [6, 6.07) is 12.2. The van der Waals surface area contributed by atoms with Gasteiger partial charge in [-0.25, -0.2) is 0 Å². The van der Waals surface area contributed by atoms with Gasteiger partial charge in [-0.2, -0.15) is 5.10 Å². The molecular formula is C17H18N4OS. The number of nitrogens with zero attached hydrogens (tertiary/aromatic N) is 2. The van der Waals surface area contributed by atoms with Crippen LogP contribution < -0.4 is 11.1 Å². The molecule has 0 spiro atoms. The molecule has 2 atom stereocenters. The van der Waals surface area contributed by atoms with Crippen molar-refractivity contribution in [2.24, 2.45) is 12.8 Å². The number of aryl methyl sites for hydroxylation is 1. The maximum atomic E-state index is 12.4. The van der Waals surface area contributed by atoms with Crippen LogP contribution in [0.1, 0.15) is 22.5 Å². The van der Waals surface area contributed by atoms with E-state index in [0.29, 0.717) is 4.88 Å². The van der Waals surface area contributed by atoms with Crippen molar-refractivity contribution in [3.05, 3.63) is 41.3 Å². The number of nitrogens with one attached hydrogen (secondary N) is 1. The Morgan fingerprint density at radius 2 is 2.13 bits per heavy atom. The molecule has 1 saturated carbocycles. The summed E-state index contributed by atoms with van der Waals surface area (Å²) in [5, 5.41) is 8.64.